The van der Waals surface area contributed by atoms with Gasteiger partial charge in [-0.2, -0.15) is 0 Å². The standard InChI is InChI=1S/C25H37P/c1-9-11-13-15-26(16-14-12-10-2)25-23(20(5)6)17-22(19(3)4)18-24(25)21(7)8/h17-21H,9-12H2,1-8H3. The lowest BCUT2D eigenvalue weighted by Crippen LogP contribution is -2.17. The summed E-state index contributed by atoms with van der Waals surface area (Å²) >= 11 is 0. The molecule has 0 saturated carbocycles. The van der Waals surface area contributed by atoms with E-state index in [9.17, 15) is 0 Å². The quantitative estimate of drug-likeness (QED) is 0.357. The summed E-state index contributed by atoms with van der Waals surface area (Å²) in [4.78, 5) is 0. The van der Waals surface area contributed by atoms with E-state index in [0.717, 1.165) is 25.7 Å². The zero-order valence-corrected chi connectivity index (χ0v) is 19.1. The molecule has 0 unspecified atom stereocenters. The maximum absolute atomic E-state index is 3.58. The van der Waals surface area contributed by atoms with Crippen molar-refractivity contribution in [2.45, 2.75) is 98.8 Å². The van der Waals surface area contributed by atoms with Crippen LogP contribution < -0.4 is 5.30 Å². The number of hydrogen-bond acceptors (Lipinski definition) is 0. The lowest BCUT2D eigenvalue weighted by molar-refractivity contribution is 0.813. The molecule has 0 bridgehead atoms. The maximum atomic E-state index is 3.58. The summed E-state index contributed by atoms with van der Waals surface area (Å²) in [5.41, 5.74) is 11.5. The van der Waals surface area contributed by atoms with E-state index in [1.165, 1.54) is 22.0 Å². The average Bonchev–Trinajstić information content (AvgIpc) is 2.59. The first kappa shape index (κ1) is 22.8. The third kappa shape index (κ3) is 6.49. The van der Waals surface area contributed by atoms with Crippen LogP contribution in [0.4, 0.5) is 0 Å². The predicted molar refractivity (Wildman–Crippen MR) is 121 cm³/mol. The van der Waals surface area contributed by atoms with Gasteiger partial charge in [0.1, 0.15) is 0 Å². The molecule has 1 heteroatoms. The molecule has 1 rings (SSSR count). The molecule has 0 heterocycles. The van der Waals surface area contributed by atoms with Crippen molar-refractivity contribution in [3.05, 3.63) is 28.8 Å². The first-order valence-corrected chi connectivity index (χ1v) is 11.6. The number of rotatable bonds is 6. The van der Waals surface area contributed by atoms with Crippen LogP contribution in [0.25, 0.3) is 0 Å². The Kier molecular flexibility index (Phi) is 10.1. The summed E-state index contributed by atoms with van der Waals surface area (Å²) in [6, 6.07) is 4.85. The Morgan fingerprint density at radius 1 is 0.731 bits per heavy atom. The van der Waals surface area contributed by atoms with E-state index < -0.39 is 7.92 Å². The average molecular weight is 369 g/mol. The van der Waals surface area contributed by atoms with Crippen LogP contribution in [0.2, 0.25) is 0 Å². The van der Waals surface area contributed by atoms with Gasteiger partial charge in [0.05, 0.1) is 7.92 Å². The van der Waals surface area contributed by atoms with Crippen LogP contribution in [0.15, 0.2) is 12.1 Å². The molecule has 0 aliphatic carbocycles. The Balaban J connectivity index is 3.66. The fraction of sp³-hybridized carbons (Fsp3) is 0.600. The summed E-state index contributed by atoms with van der Waals surface area (Å²) in [6.45, 7) is 18.2. The first-order chi connectivity index (χ1) is 12.3. The number of unbranched alkanes of at least 4 members (excludes halogenated alkanes) is 2. The summed E-state index contributed by atoms with van der Waals surface area (Å²) in [6.07, 6.45) is 4.15. The van der Waals surface area contributed by atoms with Gasteiger partial charge in [0.25, 0.3) is 0 Å². The van der Waals surface area contributed by atoms with Gasteiger partial charge in [-0.1, -0.05) is 90.7 Å². The van der Waals surface area contributed by atoms with Crippen LogP contribution in [-0.2, 0) is 0 Å². The van der Waals surface area contributed by atoms with Gasteiger partial charge in [-0.15, -0.1) is 0 Å². The topological polar surface area (TPSA) is 0 Å². The smallest absolute Gasteiger partial charge is 0.0815 e. The zero-order chi connectivity index (χ0) is 19.7. The molecule has 0 fully saturated rings. The van der Waals surface area contributed by atoms with Gasteiger partial charge in [-0.25, -0.2) is 0 Å². The van der Waals surface area contributed by atoms with E-state index >= 15 is 0 Å². The molecule has 0 N–H and O–H groups in total. The lowest BCUT2D eigenvalue weighted by Gasteiger charge is -2.24. The monoisotopic (exact) mass is 368 g/mol. The van der Waals surface area contributed by atoms with Gasteiger partial charge >= 0.3 is 0 Å². The molecule has 1 aromatic carbocycles. The first-order valence-electron chi connectivity index (χ1n) is 10.3. The van der Waals surface area contributed by atoms with Crippen LogP contribution in [-0.4, -0.2) is 0 Å². The van der Waals surface area contributed by atoms with Crippen molar-refractivity contribution in [3.63, 3.8) is 0 Å². The fourth-order valence-corrected chi connectivity index (χ4v) is 4.82. The van der Waals surface area contributed by atoms with Crippen molar-refractivity contribution < 1.29 is 0 Å². The highest BCUT2D eigenvalue weighted by Gasteiger charge is 2.22. The van der Waals surface area contributed by atoms with Crippen molar-refractivity contribution in [2.75, 3.05) is 0 Å². The van der Waals surface area contributed by atoms with Gasteiger partial charge in [0, 0.05) is 18.1 Å². The van der Waals surface area contributed by atoms with E-state index in [1.54, 1.807) is 0 Å². The van der Waals surface area contributed by atoms with E-state index in [1.807, 2.05) is 0 Å². The van der Waals surface area contributed by atoms with Gasteiger partial charge in [0.2, 0.25) is 0 Å². The second-order valence-electron chi connectivity index (χ2n) is 7.92. The Bertz CT molecular complexity index is 633. The molecule has 0 aromatic heterocycles. The van der Waals surface area contributed by atoms with E-state index in [2.05, 4.69) is 90.7 Å². The zero-order valence-electron chi connectivity index (χ0n) is 18.2. The van der Waals surface area contributed by atoms with Crippen molar-refractivity contribution >= 4 is 13.2 Å². The molecular formula is C25H37P. The minimum Gasteiger partial charge on any atom is -0.0973 e. The van der Waals surface area contributed by atoms with E-state index in [-0.39, 0.29) is 0 Å². The molecule has 0 atom stereocenters. The predicted octanol–water partition coefficient (Wildman–Crippen LogP) is 7.69. The molecular weight excluding hydrogens is 331 g/mol. The lowest BCUT2D eigenvalue weighted by atomic mass is 9.89. The van der Waals surface area contributed by atoms with Crippen molar-refractivity contribution in [3.8, 4) is 23.2 Å². The Hall–Kier alpha value is -1.23. The Labute approximate surface area is 164 Å². The maximum Gasteiger partial charge on any atom is 0.0815 e. The van der Waals surface area contributed by atoms with Crippen LogP contribution in [0.1, 0.15) is 116 Å². The summed E-state index contributed by atoms with van der Waals surface area (Å²) in [5.74, 6) is 8.34. The number of benzene rings is 1. The van der Waals surface area contributed by atoms with E-state index in [0.29, 0.717) is 17.8 Å². The summed E-state index contributed by atoms with van der Waals surface area (Å²) in [5, 5.41) is 1.45. The van der Waals surface area contributed by atoms with Gasteiger partial charge < -0.3 is 0 Å². The Morgan fingerprint density at radius 3 is 1.46 bits per heavy atom. The van der Waals surface area contributed by atoms with Crippen LogP contribution in [0.5, 0.6) is 0 Å². The van der Waals surface area contributed by atoms with Gasteiger partial charge in [-0.05, 0) is 47.3 Å². The third-order valence-corrected chi connectivity index (χ3v) is 6.18. The van der Waals surface area contributed by atoms with Crippen molar-refractivity contribution in [1.82, 2.24) is 0 Å². The normalized spacial score (nSPS) is 10.9. The molecule has 0 aliphatic rings. The molecule has 26 heavy (non-hydrogen) atoms. The molecule has 0 nitrogen and oxygen atoms in total. The minimum absolute atomic E-state index is 0.493. The highest BCUT2D eigenvalue weighted by molar-refractivity contribution is 7.75. The minimum atomic E-state index is -0.739. The summed E-state index contributed by atoms with van der Waals surface area (Å²) in [7, 11) is -0.739. The van der Waals surface area contributed by atoms with Gasteiger partial charge in [-0.3, -0.25) is 0 Å². The highest BCUT2D eigenvalue weighted by Crippen LogP contribution is 2.40. The van der Waals surface area contributed by atoms with Crippen LogP contribution >= 0.6 is 7.92 Å². The third-order valence-electron chi connectivity index (χ3n) is 4.46. The Morgan fingerprint density at radius 2 is 1.15 bits per heavy atom. The molecule has 142 valence electrons. The number of hydrogen-bond donors (Lipinski definition) is 0. The van der Waals surface area contributed by atoms with Crippen molar-refractivity contribution in [2.24, 2.45) is 0 Å². The second kappa shape index (κ2) is 11.5. The molecule has 1 aromatic rings. The van der Waals surface area contributed by atoms with Crippen molar-refractivity contribution in [1.29, 1.82) is 0 Å². The highest BCUT2D eigenvalue weighted by atomic mass is 31.1. The fourth-order valence-electron chi connectivity index (χ4n) is 2.84. The largest absolute Gasteiger partial charge is 0.0973 e. The SMILES string of the molecule is CCCC#CP(C#CCCC)c1c(C(C)C)cc(C(C)C)cc1C(C)C. The molecule has 0 saturated heterocycles. The van der Waals surface area contributed by atoms with Gasteiger partial charge in [0.15, 0.2) is 0 Å². The molecule has 0 aliphatic heterocycles. The van der Waals surface area contributed by atoms with E-state index in [4.69, 9.17) is 0 Å². The van der Waals surface area contributed by atoms with Crippen LogP contribution in [0, 0.1) is 23.2 Å². The molecule has 0 radical (unpaired) electrons. The summed E-state index contributed by atoms with van der Waals surface area (Å²) < 4.78 is 0. The van der Waals surface area contributed by atoms with Crippen LogP contribution in [0.3, 0.4) is 0 Å². The molecule has 0 spiro atoms. The molecule has 0 amide bonds. The second-order valence-corrected chi connectivity index (χ2v) is 9.49.